The fraction of sp³-hybridized carbons (Fsp3) is 0.600. The van der Waals surface area contributed by atoms with Crippen LogP contribution in [-0.2, 0) is 17.8 Å². The molecule has 0 bridgehead atoms. The van der Waals surface area contributed by atoms with Gasteiger partial charge in [-0.3, -0.25) is 4.68 Å². The molecule has 3 heteroatoms. The average Bonchev–Trinajstić information content (AvgIpc) is 2.52. The summed E-state index contributed by atoms with van der Waals surface area (Å²) in [5.41, 5.74) is 0.848. The Kier molecular flexibility index (Phi) is 2.86. The summed E-state index contributed by atoms with van der Waals surface area (Å²) in [5, 5.41) is 4.15. The lowest BCUT2D eigenvalue weighted by molar-refractivity contribution is -0.114. The molecule has 0 atom stereocenters. The monoisotopic (exact) mass is 180 g/mol. The summed E-state index contributed by atoms with van der Waals surface area (Å²) in [7, 11) is 0. The molecule has 0 N–H and O–H groups in total. The highest BCUT2D eigenvalue weighted by Crippen LogP contribution is 2.18. The average molecular weight is 180 g/mol. The molecule has 0 unspecified atom stereocenters. The number of carbonyl (C=O) groups is 1. The largest absolute Gasteiger partial charge is 0.303 e. The minimum Gasteiger partial charge on any atom is -0.303 e. The van der Waals surface area contributed by atoms with E-state index in [1.165, 1.54) is 0 Å². The zero-order chi connectivity index (χ0) is 9.90. The van der Waals surface area contributed by atoms with Crippen molar-refractivity contribution in [3.63, 3.8) is 0 Å². The molecule has 0 saturated heterocycles. The maximum atomic E-state index is 10.7. The van der Waals surface area contributed by atoms with Crippen molar-refractivity contribution < 1.29 is 4.79 Å². The van der Waals surface area contributed by atoms with Crippen LogP contribution < -0.4 is 0 Å². The van der Waals surface area contributed by atoms with Gasteiger partial charge < -0.3 is 4.79 Å². The predicted molar refractivity (Wildman–Crippen MR) is 51.5 cm³/mol. The Balaban J connectivity index is 2.69. The molecule has 1 aromatic heterocycles. The molecule has 1 heterocycles. The van der Waals surface area contributed by atoms with Crippen molar-refractivity contribution in [3.05, 3.63) is 18.0 Å². The number of carbonyl (C=O) groups excluding carboxylic acids is 1. The molecule has 0 saturated carbocycles. The van der Waals surface area contributed by atoms with Crippen molar-refractivity contribution in [1.29, 1.82) is 0 Å². The zero-order valence-electron chi connectivity index (χ0n) is 8.45. The van der Waals surface area contributed by atoms with Crippen molar-refractivity contribution in [1.82, 2.24) is 9.78 Å². The predicted octanol–water partition coefficient (Wildman–Crippen LogP) is 1.67. The van der Waals surface area contributed by atoms with E-state index >= 15 is 0 Å². The Morgan fingerprint density at radius 2 is 2.31 bits per heavy atom. The van der Waals surface area contributed by atoms with E-state index in [2.05, 4.69) is 5.10 Å². The van der Waals surface area contributed by atoms with Crippen molar-refractivity contribution in [3.8, 4) is 0 Å². The van der Waals surface area contributed by atoms with Gasteiger partial charge in [-0.1, -0.05) is 13.8 Å². The maximum Gasteiger partial charge on any atom is 0.125 e. The van der Waals surface area contributed by atoms with E-state index in [1.54, 1.807) is 0 Å². The number of rotatable bonds is 4. The summed E-state index contributed by atoms with van der Waals surface area (Å²) >= 11 is 0. The van der Waals surface area contributed by atoms with Crippen LogP contribution in [-0.4, -0.2) is 16.1 Å². The summed E-state index contributed by atoms with van der Waals surface area (Å²) in [4.78, 5) is 10.7. The topological polar surface area (TPSA) is 34.9 Å². The Morgan fingerprint density at radius 1 is 1.62 bits per heavy atom. The molecule has 0 spiro atoms. The lowest BCUT2D eigenvalue weighted by Crippen LogP contribution is -2.15. The number of hydrogen-bond donors (Lipinski definition) is 0. The third kappa shape index (κ3) is 2.68. The number of nitrogens with zero attached hydrogens (tertiary/aromatic N) is 2. The molecular weight excluding hydrogens is 164 g/mol. The van der Waals surface area contributed by atoms with Crippen LogP contribution in [0.1, 0.15) is 26.3 Å². The van der Waals surface area contributed by atoms with Gasteiger partial charge in [0.15, 0.2) is 0 Å². The first-order valence-corrected chi connectivity index (χ1v) is 4.55. The van der Waals surface area contributed by atoms with Gasteiger partial charge in [-0.05, 0) is 18.9 Å². The molecule has 1 rings (SSSR count). The minimum absolute atomic E-state index is 0.276. The van der Waals surface area contributed by atoms with Gasteiger partial charge in [0.05, 0.1) is 6.20 Å². The molecule has 0 aliphatic heterocycles. The third-order valence-corrected chi connectivity index (χ3v) is 1.99. The van der Waals surface area contributed by atoms with Crippen molar-refractivity contribution in [2.24, 2.45) is 5.41 Å². The Hall–Kier alpha value is -1.12. The van der Waals surface area contributed by atoms with Crippen molar-refractivity contribution in [2.75, 3.05) is 0 Å². The number of aromatic nitrogens is 2. The highest BCUT2D eigenvalue weighted by Gasteiger charge is 2.17. The van der Waals surface area contributed by atoms with E-state index in [0.29, 0.717) is 0 Å². The van der Waals surface area contributed by atoms with Gasteiger partial charge >= 0.3 is 0 Å². The van der Waals surface area contributed by atoms with E-state index in [1.807, 2.05) is 37.8 Å². The van der Waals surface area contributed by atoms with E-state index < -0.39 is 0 Å². The molecule has 0 radical (unpaired) electrons. The number of aryl methyl sites for hydroxylation is 1. The molecule has 3 nitrogen and oxygen atoms in total. The van der Waals surface area contributed by atoms with Gasteiger partial charge in [0, 0.05) is 18.2 Å². The molecule has 72 valence electrons. The Labute approximate surface area is 78.8 Å². The van der Waals surface area contributed by atoms with E-state index in [4.69, 9.17) is 0 Å². The van der Waals surface area contributed by atoms with E-state index in [9.17, 15) is 4.79 Å². The first-order valence-electron chi connectivity index (χ1n) is 4.55. The fourth-order valence-electron chi connectivity index (χ4n) is 1.24. The lowest BCUT2D eigenvalue weighted by atomic mass is 9.89. The van der Waals surface area contributed by atoms with Gasteiger partial charge in [-0.25, -0.2) is 0 Å². The van der Waals surface area contributed by atoms with Crippen molar-refractivity contribution in [2.45, 2.75) is 33.7 Å². The molecule has 0 aromatic carbocycles. The molecule has 0 amide bonds. The summed E-state index contributed by atoms with van der Waals surface area (Å²) in [5.74, 6) is 0. The van der Waals surface area contributed by atoms with Gasteiger partial charge in [0.25, 0.3) is 0 Å². The lowest BCUT2D eigenvalue weighted by Gasteiger charge is -2.14. The SMILES string of the molecule is CCn1cc(CC(C)(C)C=O)cn1. The van der Waals surface area contributed by atoms with Gasteiger partial charge in [-0.2, -0.15) is 5.10 Å². The second kappa shape index (κ2) is 3.73. The molecule has 1 aromatic rings. The normalized spacial score (nSPS) is 11.6. The van der Waals surface area contributed by atoms with Gasteiger partial charge in [0.1, 0.15) is 6.29 Å². The Morgan fingerprint density at radius 3 is 2.77 bits per heavy atom. The van der Waals surface area contributed by atoms with Crippen LogP contribution in [0.15, 0.2) is 12.4 Å². The summed E-state index contributed by atoms with van der Waals surface area (Å²) < 4.78 is 1.87. The van der Waals surface area contributed by atoms with Crippen LogP contribution in [0.3, 0.4) is 0 Å². The van der Waals surface area contributed by atoms with Gasteiger partial charge in [-0.15, -0.1) is 0 Å². The fourth-order valence-corrected chi connectivity index (χ4v) is 1.24. The second-order valence-electron chi connectivity index (χ2n) is 3.99. The molecule has 0 aliphatic carbocycles. The van der Waals surface area contributed by atoms with Crippen LogP contribution in [0.5, 0.6) is 0 Å². The highest BCUT2D eigenvalue weighted by molar-refractivity contribution is 5.58. The minimum atomic E-state index is -0.276. The first kappa shape index (κ1) is 9.96. The second-order valence-corrected chi connectivity index (χ2v) is 3.99. The highest BCUT2D eigenvalue weighted by atomic mass is 16.1. The van der Waals surface area contributed by atoms with Gasteiger partial charge in [0.2, 0.25) is 0 Å². The summed E-state index contributed by atoms with van der Waals surface area (Å²) in [6.45, 7) is 6.79. The number of hydrogen-bond acceptors (Lipinski definition) is 2. The summed E-state index contributed by atoms with van der Waals surface area (Å²) in [6, 6.07) is 0. The zero-order valence-corrected chi connectivity index (χ0v) is 8.45. The maximum absolute atomic E-state index is 10.7. The number of aldehydes is 1. The van der Waals surface area contributed by atoms with Crippen LogP contribution >= 0.6 is 0 Å². The molecule has 0 fully saturated rings. The molecule has 0 aliphatic rings. The smallest absolute Gasteiger partial charge is 0.125 e. The summed E-state index contributed by atoms with van der Waals surface area (Å²) in [6.07, 6.45) is 5.58. The van der Waals surface area contributed by atoms with Crippen LogP contribution in [0.2, 0.25) is 0 Å². The molecule has 13 heavy (non-hydrogen) atoms. The van der Waals surface area contributed by atoms with E-state index in [0.717, 1.165) is 24.8 Å². The molecular formula is C10H16N2O. The Bertz CT molecular complexity index is 289. The van der Waals surface area contributed by atoms with Crippen LogP contribution in [0.25, 0.3) is 0 Å². The van der Waals surface area contributed by atoms with Crippen LogP contribution in [0, 0.1) is 5.41 Å². The first-order chi connectivity index (χ1) is 6.07. The van der Waals surface area contributed by atoms with E-state index in [-0.39, 0.29) is 5.41 Å². The third-order valence-electron chi connectivity index (χ3n) is 1.99. The van der Waals surface area contributed by atoms with Crippen molar-refractivity contribution >= 4 is 6.29 Å². The van der Waals surface area contributed by atoms with Crippen LogP contribution in [0.4, 0.5) is 0 Å². The standard InChI is InChI=1S/C10H16N2O/c1-4-12-7-9(6-11-12)5-10(2,3)8-13/h6-8H,4-5H2,1-3H3. The quantitative estimate of drug-likeness (QED) is 0.661.